The van der Waals surface area contributed by atoms with Crippen molar-refractivity contribution < 1.29 is 19.4 Å². The first kappa shape index (κ1) is 28.2. The molecule has 0 aliphatic carbocycles. The number of anilines is 1. The molecule has 1 saturated heterocycles. The van der Waals surface area contributed by atoms with Crippen LogP contribution in [-0.4, -0.2) is 55.2 Å². The van der Waals surface area contributed by atoms with Crippen molar-refractivity contribution in [3.8, 4) is 11.4 Å². The molecule has 0 saturated carbocycles. The van der Waals surface area contributed by atoms with E-state index in [1.54, 1.807) is 24.2 Å². The molecule has 9 heteroatoms. The molecule has 0 bridgehead atoms. The number of nitrogens with zero attached hydrogens (tertiary/aromatic N) is 2. The van der Waals surface area contributed by atoms with Crippen LogP contribution in [0.4, 0.5) is 5.69 Å². The molecule has 2 N–H and O–H groups in total. The first-order valence-electron chi connectivity index (χ1n) is 14.4. The summed E-state index contributed by atoms with van der Waals surface area (Å²) in [5.41, 5.74) is 1.48. The smallest absolute Gasteiger partial charge is 0.279 e. The normalized spacial score (nSPS) is 23.6. The molecule has 3 aromatic carbocycles. The van der Waals surface area contributed by atoms with Gasteiger partial charge in [0.25, 0.3) is 11.5 Å². The van der Waals surface area contributed by atoms with Gasteiger partial charge in [-0.3, -0.25) is 14.7 Å². The fraction of sp³-hybridized carbons (Fsp3) is 0.333. The monoisotopic (exact) mass is 583 g/mol. The Kier molecular flexibility index (Phi) is 6.99. The van der Waals surface area contributed by atoms with Crippen LogP contribution < -0.4 is 20.4 Å². The maximum absolute atomic E-state index is 14.5. The van der Waals surface area contributed by atoms with Crippen molar-refractivity contribution in [3.63, 3.8) is 0 Å². The number of hydrogen-bond acceptors (Lipinski definition) is 5. The van der Waals surface area contributed by atoms with E-state index in [-0.39, 0.29) is 35.6 Å². The summed E-state index contributed by atoms with van der Waals surface area (Å²) in [6.45, 7) is 10.9. The number of carbonyl (C=O) groups is 1. The third kappa shape index (κ3) is 4.02. The van der Waals surface area contributed by atoms with Crippen molar-refractivity contribution in [2.75, 3.05) is 25.2 Å². The molecule has 3 heterocycles. The lowest BCUT2D eigenvalue weighted by Gasteiger charge is -2.37. The summed E-state index contributed by atoms with van der Waals surface area (Å²) in [7, 11) is -0.628. The summed E-state index contributed by atoms with van der Waals surface area (Å²) in [5, 5.41) is 15.2. The van der Waals surface area contributed by atoms with Crippen molar-refractivity contribution in [1.29, 1.82) is 0 Å². The van der Waals surface area contributed by atoms with E-state index in [1.165, 1.54) is 9.87 Å². The summed E-state index contributed by atoms with van der Waals surface area (Å²) < 4.78 is 13.9. The second kappa shape index (κ2) is 10.4. The van der Waals surface area contributed by atoms with Gasteiger partial charge in [-0.15, -0.1) is 6.58 Å². The van der Waals surface area contributed by atoms with Gasteiger partial charge in [-0.05, 0) is 54.4 Å². The quantitative estimate of drug-likeness (QED) is 0.236. The molecule has 1 aromatic heterocycles. The molecule has 8 nitrogen and oxygen atoms in total. The highest BCUT2D eigenvalue weighted by Crippen LogP contribution is 2.60. The lowest BCUT2D eigenvalue weighted by atomic mass is 9.82. The van der Waals surface area contributed by atoms with E-state index in [1.807, 2.05) is 48.5 Å². The van der Waals surface area contributed by atoms with Gasteiger partial charge in [-0.1, -0.05) is 55.5 Å². The van der Waals surface area contributed by atoms with Crippen LogP contribution in [0, 0.1) is 5.92 Å². The molecule has 6 rings (SSSR count). The van der Waals surface area contributed by atoms with E-state index in [2.05, 4.69) is 43.8 Å². The Labute approximate surface area is 246 Å². The minimum absolute atomic E-state index is 0.0259. The second-order valence-corrected chi connectivity index (χ2v) is 16.6. The maximum Gasteiger partial charge on any atom is 0.279 e. The molecule has 4 aromatic rings. The number of rotatable bonds is 8. The van der Waals surface area contributed by atoms with Crippen LogP contribution in [0.25, 0.3) is 16.6 Å². The predicted octanol–water partition coefficient (Wildman–Crippen LogP) is 4.46. The number of aliphatic hydroxyl groups is 1. The van der Waals surface area contributed by atoms with Crippen LogP contribution in [0.1, 0.15) is 18.9 Å². The lowest BCUT2D eigenvalue weighted by Crippen LogP contribution is -2.51. The number of hydrogen-bond donors (Lipinski definition) is 2. The Bertz CT molecular complexity index is 1730. The number of nitrogens with one attached hydrogen (secondary N) is 1. The third-order valence-electron chi connectivity index (χ3n) is 9.40. The molecule has 1 amide bonds. The number of aromatic amines is 1. The van der Waals surface area contributed by atoms with Gasteiger partial charge in [0.05, 0.1) is 43.6 Å². The van der Waals surface area contributed by atoms with E-state index < -0.39 is 13.7 Å². The maximum atomic E-state index is 14.5. The Morgan fingerprint density at radius 3 is 2.52 bits per heavy atom. The fourth-order valence-corrected chi connectivity index (χ4v) is 11.4. The molecule has 218 valence electrons. The van der Waals surface area contributed by atoms with Crippen molar-refractivity contribution >= 4 is 35.8 Å². The standard InChI is InChI=1S/C33H37N3O5Si/c1-6-18-35-28-16-11-22(36-31(38)25-9-7-8-10-27(25)34-36)20-26(28)33(32(35)39)21(2)30(29(41-33)17-19-37)42(4,5)24-14-12-23(40-3)13-15-24/h6-16,20-21,29-30,34,37H,1,17-19H2,2-5H3/t21-,29+,30-,33+/m1/s1. The Morgan fingerprint density at radius 2 is 1.86 bits per heavy atom. The summed E-state index contributed by atoms with van der Waals surface area (Å²) in [6.07, 6.45) is 1.82. The fourth-order valence-electron chi connectivity index (χ4n) is 7.39. The molecule has 0 radical (unpaired) electrons. The van der Waals surface area contributed by atoms with E-state index >= 15 is 0 Å². The van der Waals surface area contributed by atoms with Gasteiger partial charge < -0.3 is 19.5 Å². The minimum Gasteiger partial charge on any atom is -0.497 e. The number of methoxy groups -OCH3 is 1. The van der Waals surface area contributed by atoms with Gasteiger partial charge >= 0.3 is 0 Å². The van der Waals surface area contributed by atoms with E-state index in [4.69, 9.17) is 9.47 Å². The number of benzene rings is 3. The second-order valence-electron chi connectivity index (χ2n) is 11.9. The first-order chi connectivity index (χ1) is 20.2. The molecule has 4 atom stereocenters. The van der Waals surface area contributed by atoms with E-state index in [0.29, 0.717) is 24.0 Å². The molecule has 0 unspecified atom stereocenters. The average molecular weight is 584 g/mol. The Morgan fingerprint density at radius 1 is 1.12 bits per heavy atom. The number of aliphatic hydroxyl groups excluding tert-OH is 1. The van der Waals surface area contributed by atoms with Gasteiger partial charge in [0.1, 0.15) is 5.75 Å². The van der Waals surface area contributed by atoms with Crippen LogP contribution in [0.15, 0.2) is 84.2 Å². The zero-order valence-corrected chi connectivity index (χ0v) is 25.5. The largest absolute Gasteiger partial charge is 0.497 e. The topological polar surface area (TPSA) is 96.8 Å². The highest BCUT2D eigenvalue weighted by molar-refractivity contribution is 6.91. The molecular weight excluding hydrogens is 546 g/mol. The van der Waals surface area contributed by atoms with Crippen LogP contribution in [0.2, 0.25) is 18.6 Å². The highest BCUT2D eigenvalue weighted by atomic mass is 28.3. The summed E-state index contributed by atoms with van der Waals surface area (Å²) in [6, 6.07) is 21.3. The number of para-hydroxylation sites is 1. The number of aromatic nitrogens is 2. The van der Waals surface area contributed by atoms with Gasteiger partial charge in [-0.2, -0.15) is 0 Å². The average Bonchev–Trinajstić information content (AvgIpc) is 3.57. The van der Waals surface area contributed by atoms with Gasteiger partial charge in [0.2, 0.25) is 0 Å². The molecule has 42 heavy (non-hydrogen) atoms. The van der Waals surface area contributed by atoms with E-state index in [9.17, 15) is 14.7 Å². The van der Waals surface area contributed by atoms with Crippen molar-refractivity contribution in [3.05, 3.63) is 95.3 Å². The van der Waals surface area contributed by atoms with Crippen LogP contribution in [-0.2, 0) is 15.1 Å². The molecule has 2 aliphatic heterocycles. The van der Waals surface area contributed by atoms with Crippen molar-refractivity contribution in [2.45, 2.75) is 43.7 Å². The summed E-state index contributed by atoms with van der Waals surface area (Å²) in [4.78, 5) is 29.6. The molecule has 1 fully saturated rings. The van der Waals surface area contributed by atoms with Gasteiger partial charge in [0.15, 0.2) is 5.60 Å². The Balaban J connectivity index is 1.51. The van der Waals surface area contributed by atoms with Crippen LogP contribution in [0.5, 0.6) is 5.75 Å². The number of amides is 1. The van der Waals surface area contributed by atoms with Crippen molar-refractivity contribution in [1.82, 2.24) is 9.78 Å². The number of ether oxygens (including phenoxy) is 2. The first-order valence-corrected chi connectivity index (χ1v) is 17.5. The summed E-state index contributed by atoms with van der Waals surface area (Å²) >= 11 is 0. The van der Waals surface area contributed by atoms with Gasteiger partial charge in [0, 0.05) is 24.6 Å². The molecule has 1 spiro atoms. The minimum atomic E-state index is -2.28. The van der Waals surface area contributed by atoms with Crippen molar-refractivity contribution in [2.24, 2.45) is 5.92 Å². The molecular formula is C33H37N3O5Si. The number of carbonyl (C=O) groups excluding carboxylic acids is 1. The highest BCUT2D eigenvalue weighted by Gasteiger charge is 2.66. The summed E-state index contributed by atoms with van der Waals surface area (Å²) in [5.74, 6) is 0.465. The SMILES string of the molecule is C=CCN1C(=O)[C@@]2(O[C@@H](CCO)[C@H]([Si](C)(C)c3ccc(OC)cc3)[C@H]2C)c2cc(-n3[nH]c4ccccc4c3=O)ccc21. The van der Waals surface area contributed by atoms with Gasteiger partial charge in [-0.25, -0.2) is 4.68 Å². The zero-order valence-electron chi connectivity index (χ0n) is 24.5. The predicted molar refractivity (Wildman–Crippen MR) is 168 cm³/mol. The zero-order chi connectivity index (χ0) is 29.8. The number of fused-ring (bicyclic) bond motifs is 3. The Hall–Kier alpha value is -3.92. The van der Waals surface area contributed by atoms with Crippen LogP contribution >= 0.6 is 0 Å². The third-order valence-corrected chi connectivity index (χ3v) is 13.8. The van der Waals surface area contributed by atoms with Crippen LogP contribution in [0.3, 0.4) is 0 Å². The lowest BCUT2D eigenvalue weighted by molar-refractivity contribution is -0.146. The van der Waals surface area contributed by atoms with E-state index in [0.717, 1.165) is 22.5 Å². The number of H-pyrrole nitrogens is 1. The molecule has 2 aliphatic rings.